The lowest BCUT2D eigenvalue weighted by atomic mass is 10.2. The molecular weight excluding hydrogens is 288 g/mol. The highest BCUT2D eigenvalue weighted by atomic mass is 16.5. The van der Waals surface area contributed by atoms with Gasteiger partial charge in [-0.3, -0.25) is 4.79 Å². The molecule has 0 saturated carbocycles. The van der Waals surface area contributed by atoms with Crippen LogP contribution in [0, 0.1) is 6.92 Å². The predicted molar refractivity (Wildman–Crippen MR) is 93.4 cm³/mol. The molecule has 0 aliphatic rings. The summed E-state index contributed by atoms with van der Waals surface area (Å²) in [4.78, 5) is 17.8. The molecule has 1 N–H and O–H groups in total. The predicted octanol–water partition coefficient (Wildman–Crippen LogP) is 4.15. The second-order valence-corrected chi connectivity index (χ2v) is 5.52. The van der Waals surface area contributed by atoms with E-state index in [9.17, 15) is 4.79 Å². The number of carbonyl (C=O) groups is 1. The Hall–Kier alpha value is -2.75. The van der Waals surface area contributed by atoms with Gasteiger partial charge in [-0.25, -0.2) is 0 Å². The molecule has 0 radical (unpaired) electrons. The van der Waals surface area contributed by atoms with Crippen LogP contribution in [0.3, 0.4) is 0 Å². The minimum Gasteiger partial charge on any atom is -0.497 e. The van der Waals surface area contributed by atoms with Gasteiger partial charge in [0.25, 0.3) is 5.91 Å². The van der Waals surface area contributed by atoms with Crippen molar-refractivity contribution in [2.75, 3.05) is 18.6 Å². The van der Waals surface area contributed by atoms with Gasteiger partial charge in [-0.15, -0.1) is 0 Å². The topological polar surface area (TPSA) is 45.3 Å². The molecule has 0 aliphatic heterocycles. The highest BCUT2D eigenvalue weighted by Gasteiger charge is 2.18. The summed E-state index contributed by atoms with van der Waals surface area (Å²) in [5.74, 6) is 0.745. The van der Waals surface area contributed by atoms with Crippen LogP contribution in [0.2, 0.25) is 0 Å². The first kappa shape index (κ1) is 15.2. The SMILES string of the molecule is CCN(C(=O)c1cc2cc(OC)ccc2[nH]1)c1cccc(C)c1. The first-order valence-electron chi connectivity index (χ1n) is 7.67. The standard InChI is InChI=1S/C19H20N2O2/c1-4-21(15-7-5-6-13(2)10-15)19(22)18-12-14-11-16(23-3)8-9-17(14)20-18/h5-12,20H,4H2,1-3H3. The molecule has 0 aliphatic carbocycles. The van der Waals surface area contributed by atoms with Crippen molar-refractivity contribution in [3.8, 4) is 5.75 Å². The van der Waals surface area contributed by atoms with Crippen molar-refractivity contribution in [3.63, 3.8) is 0 Å². The second kappa shape index (κ2) is 6.16. The number of nitrogens with zero attached hydrogens (tertiary/aromatic N) is 1. The van der Waals surface area contributed by atoms with Crippen molar-refractivity contribution < 1.29 is 9.53 Å². The van der Waals surface area contributed by atoms with E-state index < -0.39 is 0 Å². The van der Waals surface area contributed by atoms with Crippen molar-refractivity contribution in [1.29, 1.82) is 0 Å². The van der Waals surface area contributed by atoms with E-state index in [1.807, 2.05) is 62.4 Å². The average molecular weight is 308 g/mol. The van der Waals surface area contributed by atoms with Gasteiger partial charge in [0.05, 0.1) is 7.11 Å². The molecular formula is C19H20N2O2. The van der Waals surface area contributed by atoms with Crippen LogP contribution < -0.4 is 9.64 Å². The molecule has 0 fully saturated rings. The van der Waals surface area contributed by atoms with Crippen LogP contribution in [0.15, 0.2) is 48.5 Å². The molecule has 0 atom stereocenters. The zero-order valence-electron chi connectivity index (χ0n) is 13.6. The normalized spacial score (nSPS) is 10.7. The molecule has 23 heavy (non-hydrogen) atoms. The molecule has 4 heteroatoms. The van der Waals surface area contributed by atoms with Crippen molar-refractivity contribution in [1.82, 2.24) is 4.98 Å². The number of aryl methyl sites for hydroxylation is 1. The van der Waals surface area contributed by atoms with E-state index in [4.69, 9.17) is 4.74 Å². The molecule has 118 valence electrons. The van der Waals surface area contributed by atoms with Crippen LogP contribution in [0.1, 0.15) is 23.0 Å². The number of amides is 1. The lowest BCUT2D eigenvalue weighted by Crippen LogP contribution is -2.30. The lowest BCUT2D eigenvalue weighted by Gasteiger charge is -2.20. The van der Waals surface area contributed by atoms with Crippen LogP contribution in [-0.4, -0.2) is 24.5 Å². The van der Waals surface area contributed by atoms with Crippen LogP contribution in [0.4, 0.5) is 5.69 Å². The fourth-order valence-corrected chi connectivity index (χ4v) is 2.74. The number of anilines is 1. The van der Waals surface area contributed by atoms with E-state index in [2.05, 4.69) is 4.98 Å². The Morgan fingerprint density at radius 3 is 2.70 bits per heavy atom. The number of carbonyl (C=O) groups excluding carboxylic acids is 1. The maximum absolute atomic E-state index is 12.9. The Morgan fingerprint density at radius 1 is 1.17 bits per heavy atom. The molecule has 1 heterocycles. The van der Waals surface area contributed by atoms with Crippen molar-refractivity contribution in [2.45, 2.75) is 13.8 Å². The molecule has 0 unspecified atom stereocenters. The van der Waals surface area contributed by atoms with Crippen LogP contribution in [0.5, 0.6) is 5.75 Å². The number of hydrogen-bond donors (Lipinski definition) is 1. The van der Waals surface area contributed by atoms with E-state index in [1.54, 1.807) is 12.0 Å². The molecule has 0 saturated heterocycles. The van der Waals surface area contributed by atoms with Gasteiger partial charge in [0.2, 0.25) is 0 Å². The Bertz CT molecular complexity index is 851. The third-order valence-corrected chi connectivity index (χ3v) is 3.93. The van der Waals surface area contributed by atoms with Gasteiger partial charge in [-0.1, -0.05) is 12.1 Å². The second-order valence-electron chi connectivity index (χ2n) is 5.52. The van der Waals surface area contributed by atoms with Gasteiger partial charge < -0.3 is 14.6 Å². The summed E-state index contributed by atoms with van der Waals surface area (Å²) in [6.45, 7) is 4.62. The van der Waals surface area contributed by atoms with E-state index in [0.717, 1.165) is 27.9 Å². The Kier molecular flexibility index (Phi) is 4.06. The molecule has 2 aromatic carbocycles. The van der Waals surface area contributed by atoms with Crippen molar-refractivity contribution >= 4 is 22.5 Å². The number of hydrogen-bond acceptors (Lipinski definition) is 2. The highest BCUT2D eigenvalue weighted by Crippen LogP contribution is 2.24. The Balaban J connectivity index is 1.97. The lowest BCUT2D eigenvalue weighted by molar-refractivity contribution is 0.0984. The fraction of sp³-hybridized carbons (Fsp3) is 0.211. The number of aromatic nitrogens is 1. The minimum atomic E-state index is -0.0340. The zero-order chi connectivity index (χ0) is 16.4. The largest absolute Gasteiger partial charge is 0.497 e. The van der Waals surface area contributed by atoms with E-state index in [1.165, 1.54) is 0 Å². The first-order valence-corrected chi connectivity index (χ1v) is 7.67. The third kappa shape index (κ3) is 2.93. The number of H-pyrrole nitrogens is 1. The monoisotopic (exact) mass is 308 g/mol. The van der Waals surface area contributed by atoms with E-state index >= 15 is 0 Å². The summed E-state index contributed by atoms with van der Waals surface area (Å²) in [5.41, 5.74) is 3.55. The number of ether oxygens (including phenoxy) is 1. The van der Waals surface area contributed by atoms with Gasteiger partial charge in [0.15, 0.2) is 0 Å². The fourth-order valence-electron chi connectivity index (χ4n) is 2.74. The number of methoxy groups -OCH3 is 1. The number of rotatable bonds is 4. The first-order chi connectivity index (χ1) is 11.1. The van der Waals surface area contributed by atoms with Crippen LogP contribution >= 0.6 is 0 Å². The molecule has 1 aromatic heterocycles. The molecule has 4 nitrogen and oxygen atoms in total. The summed E-state index contributed by atoms with van der Waals surface area (Å²) < 4.78 is 5.23. The number of nitrogens with one attached hydrogen (secondary N) is 1. The van der Waals surface area contributed by atoms with Crippen LogP contribution in [-0.2, 0) is 0 Å². The third-order valence-electron chi connectivity index (χ3n) is 3.93. The molecule has 3 aromatic rings. The summed E-state index contributed by atoms with van der Waals surface area (Å²) in [6, 6.07) is 15.6. The van der Waals surface area contributed by atoms with E-state index in [-0.39, 0.29) is 5.91 Å². The van der Waals surface area contributed by atoms with Crippen molar-refractivity contribution in [2.24, 2.45) is 0 Å². The highest BCUT2D eigenvalue weighted by molar-refractivity contribution is 6.07. The van der Waals surface area contributed by atoms with E-state index in [0.29, 0.717) is 12.2 Å². The summed E-state index contributed by atoms with van der Waals surface area (Å²) in [7, 11) is 1.64. The molecule has 1 amide bonds. The zero-order valence-corrected chi connectivity index (χ0v) is 13.6. The number of aromatic amines is 1. The van der Waals surface area contributed by atoms with Gasteiger partial charge in [0, 0.05) is 23.1 Å². The average Bonchev–Trinajstić information content (AvgIpc) is 2.98. The van der Waals surface area contributed by atoms with Gasteiger partial charge in [-0.2, -0.15) is 0 Å². The van der Waals surface area contributed by atoms with Gasteiger partial charge in [0.1, 0.15) is 11.4 Å². The summed E-state index contributed by atoms with van der Waals surface area (Å²) >= 11 is 0. The molecule has 0 bridgehead atoms. The van der Waals surface area contributed by atoms with Gasteiger partial charge in [-0.05, 0) is 55.8 Å². The maximum atomic E-state index is 12.9. The maximum Gasteiger partial charge on any atom is 0.274 e. The molecule has 0 spiro atoms. The molecule has 3 rings (SSSR count). The Morgan fingerprint density at radius 2 is 2.00 bits per heavy atom. The summed E-state index contributed by atoms with van der Waals surface area (Å²) in [6.07, 6.45) is 0. The number of fused-ring (bicyclic) bond motifs is 1. The van der Waals surface area contributed by atoms with Crippen molar-refractivity contribution in [3.05, 3.63) is 59.8 Å². The number of benzene rings is 2. The van der Waals surface area contributed by atoms with Crippen LogP contribution in [0.25, 0.3) is 10.9 Å². The van der Waals surface area contributed by atoms with Gasteiger partial charge >= 0.3 is 0 Å². The Labute approximate surface area is 135 Å². The quantitative estimate of drug-likeness (QED) is 0.787. The smallest absolute Gasteiger partial charge is 0.274 e. The minimum absolute atomic E-state index is 0.0340. The summed E-state index contributed by atoms with van der Waals surface area (Å²) in [5, 5.41) is 0.966.